The zero-order valence-corrected chi connectivity index (χ0v) is 15.7. The van der Waals surface area contributed by atoms with Crippen LogP contribution in [0.2, 0.25) is 0 Å². The number of hydrogen-bond acceptors (Lipinski definition) is 3. The molecule has 0 heterocycles. The molecule has 2 aromatic rings. The Kier molecular flexibility index (Phi) is 5.84. The third-order valence-corrected chi connectivity index (χ3v) is 5.50. The molecule has 0 radical (unpaired) electrons. The van der Waals surface area contributed by atoms with Gasteiger partial charge in [-0.3, -0.25) is 4.79 Å². The van der Waals surface area contributed by atoms with Crippen LogP contribution in [0.15, 0.2) is 54.6 Å². The molecule has 5 heteroatoms. The van der Waals surface area contributed by atoms with Crippen LogP contribution in [0.5, 0.6) is 0 Å². The van der Waals surface area contributed by atoms with E-state index in [1.807, 2.05) is 60.5 Å². The standard InChI is InChI=1S/C21H25ClN2O2/c1-24(18-7-3-2-4-8-18)19-9-5-6-16(14-19)20(25)23-15-21(26)12-10-17(22)11-13-21/h2-9,14,17,26H,10-13,15H2,1H3,(H,23,25). The number of benzene rings is 2. The fraction of sp³-hybridized carbons (Fsp3) is 0.381. The van der Waals surface area contributed by atoms with E-state index in [9.17, 15) is 9.90 Å². The van der Waals surface area contributed by atoms with Gasteiger partial charge in [0.2, 0.25) is 0 Å². The molecule has 26 heavy (non-hydrogen) atoms. The van der Waals surface area contributed by atoms with Gasteiger partial charge in [0.15, 0.2) is 0 Å². The average Bonchev–Trinajstić information content (AvgIpc) is 2.69. The summed E-state index contributed by atoms with van der Waals surface area (Å²) >= 11 is 6.10. The lowest BCUT2D eigenvalue weighted by Crippen LogP contribution is -2.45. The van der Waals surface area contributed by atoms with Gasteiger partial charge in [0.05, 0.1) is 5.60 Å². The van der Waals surface area contributed by atoms with Crippen LogP contribution >= 0.6 is 11.6 Å². The van der Waals surface area contributed by atoms with Crippen LogP contribution in [0.4, 0.5) is 11.4 Å². The van der Waals surface area contributed by atoms with Crippen LogP contribution in [0.1, 0.15) is 36.0 Å². The number of nitrogens with zero attached hydrogens (tertiary/aromatic N) is 1. The van der Waals surface area contributed by atoms with E-state index in [2.05, 4.69) is 5.32 Å². The maximum absolute atomic E-state index is 12.5. The van der Waals surface area contributed by atoms with Crippen LogP contribution in [0, 0.1) is 0 Å². The molecule has 1 fully saturated rings. The van der Waals surface area contributed by atoms with Gasteiger partial charge >= 0.3 is 0 Å². The van der Waals surface area contributed by atoms with E-state index >= 15 is 0 Å². The lowest BCUT2D eigenvalue weighted by atomic mass is 9.84. The van der Waals surface area contributed by atoms with Gasteiger partial charge in [-0.1, -0.05) is 24.3 Å². The van der Waals surface area contributed by atoms with E-state index in [1.165, 1.54) is 0 Å². The van der Waals surface area contributed by atoms with Crippen LogP contribution < -0.4 is 10.2 Å². The second-order valence-corrected chi connectivity index (χ2v) is 7.64. The van der Waals surface area contributed by atoms with Crippen molar-refractivity contribution < 1.29 is 9.90 Å². The molecule has 138 valence electrons. The number of nitrogens with one attached hydrogen (secondary N) is 1. The van der Waals surface area contributed by atoms with Gasteiger partial charge in [-0.05, 0) is 56.0 Å². The molecule has 2 aromatic carbocycles. The Morgan fingerprint density at radius 1 is 1.15 bits per heavy atom. The summed E-state index contributed by atoms with van der Waals surface area (Å²) < 4.78 is 0. The Hall–Kier alpha value is -2.04. The number of carbonyl (C=O) groups excluding carboxylic acids is 1. The molecule has 0 atom stereocenters. The number of rotatable bonds is 5. The lowest BCUT2D eigenvalue weighted by Gasteiger charge is -2.34. The topological polar surface area (TPSA) is 52.6 Å². The van der Waals surface area contributed by atoms with E-state index in [0.717, 1.165) is 24.2 Å². The maximum atomic E-state index is 12.5. The highest BCUT2D eigenvalue weighted by Crippen LogP contribution is 2.30. The first-order valence-corrected chi connectivity index (χ1v) is 9.44. The number of anilines is 2. The number of carbonyl (C=O) groups is 1. The zero-order valence-electron chi connectivity index (χ0n) is 15.0. The summed E-state index contributed by atoms with van der Waals surface area (Å²) in [7, 11) is 1.97. The fourth-order valence-electron chi connectivity index (χ4n) is 3.30. The van der Waals surface area contributed by atoms with E-state index in [0.29, 0.717) is 18.4 Å². The molecule has 0 unspecified atom stereocenters. The summed E-state index contributed by atoms with van der Waals surface area (Å²) in [4.78, 5) is 14.6. The van der Waals surface area contributed by atoms with Crippen molar-refractivity contribution in [2.24, 2.45) is 0 Å². The van der Waals surface area contributed by atoms with Crippen molar-refractivity contribution in [3.05, 3.63) is 60.2 Å². The molecule has 1 amide bonds. The predicted molar refractivity (Wildman–Crippen MR) is 106 cm³/mol. The smallest absolute Gasteiger partial charge is 0.251 e. The SMILES string of the molecule is CN(c1ccccc1)c1cccc(C(=O)NCC2(O)CCC(Cl)CC2)c1. The number of alkyl halides is 1. The number of hydrogen-bond donors (Lipinski definition) is 2. The highest BCUT2D eigenvalue weighted by atomic mass is 35.5. The normalized spacial score (nSPS) is 22.7. The van der Waals surface area contributed by atoms with Gasteiger partial charge in [0.1, 0.15) is 0 Å². The van der Waals surface area contributed by atoms with Crippen molar-refractivity contribution in [3.8, 4) is 0 Å². The second kappa shape index (κ2) is 8.11. The Morgan fingerprint density at radius 2 is 1.81 bits per heavy atom. The summed E-state index contributed by atoms with van der Waals surface area (Å²) in [6.07, 6.45) is 2.81. The van der Waals surface area contributed by atoms with E-state index in [1.54, 1.807) is 6.07 Å². The van der Waals surface area contributed by atoms with Crippen molar-refractivity contribution >= 4 is 28.9 Å². The maximum Gasteiger partial charge on any atom is 0.251 e. The van der Waals surface area contributed by atoms with Gasteiger partial charge in [-0.15, -0.1) is 11.6 Å². The molecule has 0 spiro atoms. The molecule has 2 N–H and O–H groups in total. The van der Waals surface area contributed by atoms with E-state index in [-0.39, 0.29) is 17.8 Å². The number of aliphatic hydroxyl groups is 1. The summed E-state index contributed by atoms with van der Waals surface area (Å²) in [6.45, 7) is 0.258. The van der Waals surface area contributed by atoms with Crippen molar-refractivity contribution in [3.63, 3.8) is 0 Å². The third kappa shape index (κ3) is 4.57. The first kappa shape index (κ1) is 18.7. The quantitative estimate of drug-likeness (QED) is 0.777. The molecule has 0 bridgehead atoms. The molecular weight excluding hydrogens is 348 g/mol. The molecule has 1 saturated carbocycles. The largest absolute Gasteiger partial charge is 0.388 e. The van der Waals surface area contributed by atoms with Gasteiger partial charge < -0.3 is 15.3 Å². The Bertz CT molecular complexity index is 743. The van der Waals surface area contributed by atoms with E-state index < -0.39 is 5.60 Å². The van der Waals surface area contributed by atoms with Crippen LogP contribution in [-0.4, -0.2) is 35.6 Å². The Morgan fingerprint density at radius 3 is 2.50 bits per heavy atom. The molecule has 1 aliphatic rings. The number of para-hydroxylation sites is 1. The first-order valence-electron chi connectivity index (χ1n) is 9.00. The molecule has 0 aliphatic heterocycles. The minimum Gasteiger partial charge on any atom is -0.388 e. The monoisotopic (exact) mass is 372 g/mol. The highest BCUT2D eigenvalue weighted by Gasteiger charge is 2.32. The number of amides is 1. The Balaban J connectivity index is 1.65. The van der Waals surface area contributed by atoms with Crippen molar-refractivity contribution in [2.45, 2.75) is 36.7 Å². The van der Waals surface area contributed by atoms with Crippen LogP contribution in [0.25, 0.3) is 0 Å². The van der Waals surface area contributed by atoms with Crippen molar-refractivity contribution in [2.75, 3.05) is 18.5 Å². The van der Waals surface area contributed by atoms with Crippen LogP contribution in [-0.2, 0) is 0 Å². The van der Waals surface area contributed by atoms with Gasteiger partial charge in [-0.2, -0.15) is 0 Å². The molecule has 3 rings (SSSR count). The average molecular weight is 373 g/mol. The summed E-state index contributed by atoms with van der Waals surface area (Å²) in [5.41, 5.74) is 1.72. The van der Waals surface area contributed by atoms with Gasteiger partial charge in [-0.25, -0.2) is 0 Å². The lowest BCUT2D eigenvalue weighted by molar-refractivity contribution is 0.00614. The minimum absolute atomic E-state index is 0.135. The van der Waals surface area contributed by atoms with Crippen molar-refractivity contribution in [1.82, 2.24) is 5.32 Å². The van der Waals surface area contributed by atoms with Crippen LogP contribution in [0.3, 0.4) is 0 Å². The minimum atomic E-state index is -0.848. The molecule has 1 aliphatic carbocycles. The van der Waals surface area contributed by atoms with E-state index in [4.69, 9.17) is 11.6 Å². The zero-order chi connectivity index (χ0) is 18.6. The fourth-order valence-corrected chi connectivity index (χ4v) is 3.52. The van der Waals surface area contributed by atoms with Crippen molar-refractivity contribution in [1.29, 1.82) is 0 Å². The van der Waals surface area contributed by atoms with Gasteiger partial charge in [0.25, 0.3) is 5.91 Å². The molecule has 0 saturated heterocycles. The summed E-state index contributed by atoms with van der Waals surface area (Å²) in [5, 5.41) is 13.6. The molecular formula is C21H25ClN2O2. The third-order valence-electron chi connectivity index (χ3n) is 5.06. The summed E-state index contributed by atoms with van der Waals surface area (Å²) in [6, 6.07) is 17.5. The Labute approximate surface area is 159 Å². The second-order valence-electron chi connectivity index (χ2n) is 7.03. The summed E-state index contributed by atoms with van der Waals surface area (Å²) in [5.74, 6) is -0.172. The first-order chi connectivity index (χ1) is 12.5. The van der Waals surface area contributed by atoms with Gasteiger partial charge in [0, 0.05) is 35.9 Å². The highest BCUT2D eigenvalue weighted by molar-refractivity contribution is 6.20. The molecule has 4 nitrogen and oxygen atoms in total. The molecule has 0 aromatic heterocycles. The predicted octanol–water partition coefficient (Wildman–Crippen LogP) is 4.10. The number of halogens is 1.